The second-order valence-electron chi connectivity index (χ2n) is 7.11. The highest BCUT2D eigenvalue weighted by Gasteiger charge is 2.28. The van der Waals surface area contributed by atoms with E-state index in [9.17, 15) is 9.59 Å². The molecule has 6 heteroatoms. The van der Waals surface area contributed by atoms with Crippen molar-refractivity contribution in [1.29, 1.82) is 0 Å². The van der Waals surface area contributed by atoms with Gasteiger partial charge in [-0.1, -0.05) is 37.3 Å². The standard InChI is InChI=1S/C25H22N2O4/c1-3-14-30-25(29)19-9-7-8-18(15-19)23-13-12-21(31-23)16-22-17(2)26-27(24(22)28)20-10-5-4-6-11-20/h4-13,15-16H,3,14H2,1-2H3/b22-16-. The fraction of sp³-hybridized carbons (Fsp3) is 0.160. The lowest BCUT2D eigenvalue weighted by molar-refractivity contribution is -0.114. The highest BCUT2D eigenvalue weighted by molar-refractivity contribution is 6.32. The largest absolute Gasteiger partial charge is 0.462 e. The molecule has 4 rings (SSSR count). The van der Waals surface area contributed by atoms with Crippen molar-refractivity contribution in [2.24, 2.45) is 5.10 Å². The number of hydrogen-bond donors (Lipinski definition) is 0. The molecule has 1 aliphatic rings. The highest BCUT2D eigenvalue weighted by Crippen LogP contribution is 2.28. The number of nitrogens with zero attached hydrogens (tertiary/aromatic N) is 2. The molecule has 0 radical (unpaired) electrons. The van der Waals surface area contributed by atoms with Crippen molar-refractivity contribution in [2.75, 3.05) is 11.6 Å². The summed E-state index contributed by atoms with van der Waals surface area (Å²) in [5.41, 5.74) is 3.02. The molecule has 1 amide bonds. The number of ether oxygens (including phenoxy) is 1. The second-order valence-corrected chi connectivity index (χ2v) is 7.11. The topological polar surface area (TPSA) is 72.1 Å². The van der Waals surface area contributed by atoms with Crippen LogP contribution in [-0.4, -0.2) is 24.2 Å². The number of benzene rings is 2. The van der Waals surface area contributed by atoms with E-state index in [0.29, 0.717) is 40.7 Å². The summed E-state index contributed by atoms with van der Waals surface area (Å²) < 4.78 is 11.1. The molecule has 0 unspecified atom stereocenters. The lowest BCUT2D eigenvalue weighted by Crippen LogP contribution is -2.21. The SMILES string of the molecule is CCCOC(=O)c1cccc(-c2ccc(/C=C3\C(=O)N(c4ccccc4)N=C3C)o2)c1. The number of para-hydroxylation sites is 1. The zero-order valence-electron chi connectivity index (χ0n) is 17.4. The normalized spacial score (nSPS) is 14.8. The summed E-state index contributed by atoms with van der Waals surface area (Å²) >= 11 is 0. The molecule has 0 spiro atoms. The molecule has 156 valence electrons. The molecular weight excluding hydrogens is 392 g/mol. The van der Waals surface area contributed by atoms with Crippen LogP contribution in [0.4, 0.5) is 5.69 Å². The monoisotopic (exact) mass is 414 g/mol. The first kappa shape index (κ1) is 20.3. The van der Waals surface area contributed by atoms with E-state index < -0.39 is 0 Å². The second kappa shape index (κ2) is 8.83. The van der Waals surface area contributed by atoms with E-state index in [2.05, 4.69) is 5.10 Å². The van der Waals surface area contributed by atoms with Crippen molar-refractivity contribution in [3.63, 3.8) is 0 Å². The Morgan fingerprint density at radius 3 is 2.68 bits per heavy atom. The van der Waals surface area contributed by atoms with E-state index in [-0.39, 0.29) is 11.9 Å². The molecule has 0 atom stereocenters. The van der Waals surface area contributed by atoms with E-state index in [1.165, 1.54) is 5.01 Å². The van der Waals surface area contributed by atoms with Crippen LogP contribution in [0.25, 0.3) is 17.4 Å². The summed E-state index contributed by atoms with van der Waals surface area (Å²) in [6.07, 6.45) is 2.46. The number of amides is 1. The molecule has 6 nitrogen and oxygen atoms in total. The molecule has 0 bridgehead atoms. The molecule has 1 aromatic heterocycles. The molecule has 0 saturated heterocycles. The van der Waals surface area contributed by atoms with Gasteiger partial charge in [0.15, 0.2) is 0 Å². The van der Waals surface area contributed by atoms with Crippen molar-refractivity contribution in [1.82, 2.24) is 0 Å². The van der Waals surface area contributed by atoms with Crippen molar-refractivity contribution >= 4 is 29.4 Å². The molecule has 2 heterocycles. The van der Waals surface area contributed by atoms with Crippen molar-refractivity contribution in [2.45, 2.75) is 20.3 Å². The van der Waals surface area contributed by atoms with E-state index in [1.54, 1.807) is 37.3 Å². The Morgan fingerprint density at radius 2 is 1.90 bits per heavy atom. The quantitative estimate of drug-likeness (QED) is 0.404. The van der Waals surface area contributed by atoms with Gasteiger partial charge in [0.05, 0.1) is 29.1 Å². The van der Waals surface area contributed by atoms with Crippen LogP contribution in [0, 0.1) is 0 Å². The van der Waals surface area contributed by atoms with Gasteiger partial charge in [-0.25, -0.2) is 4.79 Å². The molecule has 2 aromatic carbocycles. The number of esters is 1. The number of furan rings is 1. The van der Waals surface area contributed by atoms with Crippen LogP contribution in [-0.2, 0) is 9.53 Å². The minimum atomic E-state index is -0.359. The van der Waals surface area contributed by atoms with Crippen LogP contribution in [0.3, 0.4) is 0 Å². The Morgan fingerprint density at radius 1 is 1.10 bits per heavy atom. The van der Waals surface area contributed by atoms with Crippen LogP contribution in [0.5, 0.6) is 0 Å². The molecular formula is C25H22N2O4. The van der Waals surface area contributed by atoms with Crippen LogP contribution in [0.1, 0.15) is 36.4 Å². The van der Waals surface area contributed by atoms with Gasteiger partial charge in [0.1, 0.15) is 11.5 Å². The van der Waals surface area contributed by atoms with Gasteiger partial charge < -0.3 is 9.15 Å². The van der Waals surface area contributed by atoms with Crippen molar-refractivity contribution in [3.8, 4) is 11.3 Å². The lowest BCUT2D eigenvalue weighted by Gasteiger charge is -2.10. The molecule has 0 N–H and O–H groups in total. The summed E-state index contributed by atoms with van der Waals surface area (Å²) in [6, 6.07) is 20.0. The van der Waals surface area contributed by atoms with Crippen LogP contribution >= 0.6 is 0 Å². The zero-order chi connectivity index (χ0) is 21.8. The van der Waals surface area contributed by atoms with E-state index in [1.807, 2.05) is 49.4 Å². The smallest absolute Gasteiger partial charge is 0.338 e. The third-order valence-corrected chi connectivity index (χ3v) is 4.80. The van der Waals surface area contributed by atoms with Gasteiger partial charge >= 0.3 is 5.97 Å². The third-order valence-electron chi connectivity index (χ3n) is 4.80. The van der Waals surface area contributed by atoms with Crippen LogP contribution in [0.2, 0.25) is 0 Å². The number of rotatable bonds is 6. The summed E-state index contributed by atoms with van der Waals surface area (Å²) in [4.78, 5) is 25.0. The summed E-state index contributed by atoms with van der Waals surface area (Å²) in [5.74, 6) is 0.558. The Labute approximate surface area is 180 Å². The van der Waals surface area contributed by atoms with E-state index >= 15 is 0 Å². The molecule has 0 aliphatic carbocycles. The molecule has 3 aromatic rings. The fourth-order valence-electron chi connectivity index (χ4n) is 3.23. The number of hydrogen-bond acceptors (Lipinski definition) is 5. The summed E-state index contributed by atoms with van der Waals surface area (Å²) in [5, 5.41) is 5.76. The molecule has 0 fully saturated rings. The van der Waals surface area contributed by atoms with Gasteiger partial charge in [0, 0.05) is 5.56 Å². The Hall–Kier alpha value is -3.93. The minimum absolute atomic E-state index is 0.206. The zero-order valence-corrected chi connectivity index (χ0v) is 17.4. The minimum Gasteiger partial charge on any atom is -0.462 e. The van der Waals surface area contributed by atoms with Crippen LogP contribution in [0.15, 0.2) is 81.8 Å². The van der Waals surface area contributed by atoms with Crippen LogP contribution < -0.4 is 5.01 Å². The summed E-state index contributed by atoms with van der Waals surface area (Å²) in [6.45, 7) is 4.13. The predicted octanol–water partition coefficient (Wildman–Crippen LogP) is 5.32. The first-order valence-corrected chi connectivity index (χ1v) is 10.1. The van der Waals surface area contributed by atoms with Gasteiger partial charge in [-0.15, -0.1) is 0 Å². The van der Waals surface area contributed by atoms with E-state index in [4.69, 9.17) is 9.15 Å². The first-order chi connectivity index (χ1) is 15.1. The predicted molar refractivity (Wildman–Crippen MR) is 120 cm³/mol. The molecule has 0 saturated carbocycles. The van der Waals surface area contributed by atoms with Gasteiger partial charge in [0.2, 0.25) is 0 Å². The fourth-order valence-corrected chi connectivity index (χ4v) is 3.23. The first-order valence-electron chi connectivity index (χ1n) is 10.1. The number of carbonyl (C=O) groups is 2. The number of hydrazone groups is 1. The van der Waals surface area contributed by atoms with Gasteiger partial charge in [0.25, 0.3) is 5.91 Å². The average molecular weight is 414 g/mol. The Kier molecular flexibility index (Phi) is 5.80. The van der Waals surface area contributed by atoms with Crippen molar-refractivity contribution in [3.05, 3.63) is 83.6 Å². The lowest BCUT2D eigenvalue weighted by atomic mass is 10.1. The van der Waals surface area contributed by atoms with Crippen molar-refractivity contribution < 1.29 is 18.7 Å². The van der Waals surface area contributed by atoms with E-state index in [0.717, 1.165) is 12.0 Å². The highest BCUT2D eigenvalue weighted by atomic mass is 16.5. The summed E-state index contributed by atoms with van der Waals surface area (Å²) in [7, 11) is 0. The maximum atomic E-state index is 12.9. The average Bonchev–Trinajstić information content (AvgIpc) is 3.38. The maximum Gasteiger partial charge on any atom is 0.338 e. The number of anilines is 1. The third kappa shape index (κ3) is 4.33. The number of carbonyl (C=O) groups excluding carboxylic acids is 2. The molecule has 31 heavy (non-hydrogen) atoms. The van der Waals surface area contributed by atoms with Gasteiger partial charge in [-0.05, 0) is 55.8 Å². The van der Waals surface area contributed by atoms with Gasteiger partial charge in [-0.2, -0.15) is 10.1 Å². The Bertz CT molecular complexity index is 1170. The van der Waals surface area contributed by atoms with Gasteiger partial charge in [-0.3, -0.25) is 4.79 Å². The Balaban J connectivity index is 1.56. The maximum absolute atomic E-state index is 12.9. The molecule has 1 aliphatic heterocycles.